The van der Waals surface area contributed by atoms with E-state index in [9.17, 15) is 13.2 Å². The third-order valence-corrected chi connectivity index (χ3v) is 5.64. The van der Waals surface area contributed by atoms with Crippen molar-refractivity contribution in [2.75, 3.05) is 18.9 Å². The van der Waals surface area contributed by atoms with E-state index < -0.39 is 15.9 Å². The molecule has 130 valence electrons. The van der Waals surface area contributed by atoms with Gasteiger partial charge in [0.15, 0.2) is 0 Å². The summed E-state index contributed by atoms with van der Waals surface area (Å²) in [6, 6.07) is 12.0. The number of anilines is 1. The van der Waals surface area contributed by atoms with Crippen LogP contribution < -0.4 is 5.32 Å². The molecule has 6 nitrogen and oxygen atoms in total. The molecule has 0 saturated heterocycles. The van der Waals surface area contributed by atoms with E-state index in [1.807, 2.05) is 6.07 Å². The lowest BCUT2D eigenvalue weighted by molar-refractivity contribution is -0.116. The number of hydrogen-bond acceptors (Lipinski definition) is 4. The van der Waals surface area contributed by atoms with Crippen molar-refractivity contribution >= 4 is 44.8 Å². The molecule has 0 bridgehead atoms. The molecule has 9 heteroatoms. The highest BCUT2D eigenvalue weighted by Gasteiger charge is 2.23. The number of amides is 1. The second kappa shape index (κ2) is 7.85. The van der Waals surface area contributed by atoms with Crippen molar-refractivity contribution in [3.63, 3.8) is 0 Å². The molecule has 2 aromatic rings. The highest BCUT2D eigenvalue weighted by atomic mass is 35.5. The van der Waals surface area contributed by atoms with Crippen molar-refractivity contribution in [3.8, 4) is 6.07 Å². The van der Waals surface area contributed by atoms with Gasteiger partial charge < -0.3 is 5.32 Å². The van der Waals surface area contributed by atoms with E-state index in [-0.39, 0.29) is 22.0 Å². The third kappa shape index (κ3) is 4.71. The van der Waals surface area contributed by atoms with Gasteiger partial charge in [0.2, 0.25) is 15.9 Å². The second-order valence-electron chi connectivity index (χ2n) is 5.07. The average Bonchev–Trinajstić information content (AvgIpc) is 2.55. The molecule has 0 radical (unpaired) electrons. The molecule has 0 unspecified atom stereocenters. The number of likely N-dealkylation sites (N-methyl/N-ethyl adjacent to an activating group) is 1. The Morgan fingerprint density at radius 2 is 1.84 bits per heavy atom. The highest BCUT2D eigenvalue weighted by molar-refractivity contribution is 7.89. The van der Waals surface area contributed by atoms with Gasteiger partial charge in [-0.2, -0.15) is 9.57 Å². The Morgan fingerprint density at radius 1 is 1.20 bits per heavy atom. The number of halogens is 2. The quantitative estimate of drug-likeness (QED) is 0.838. The predicted octanol–water partition coefficient (Wildman–Crippen LogP) is 3.12. The molecule has 0 aliphatic carbocycles. The number of rotatable bonds is 5. The van der Waals surface area contributed by atoms with E-state index in [4.69, 9.17) is 28.5 Å². The Balaban J connectivity index is 2.08. The molecule has 2 aromatic carbocycles. The standard InChI is InChI=1S/C16H13Cl2N3O3S/c1-21(25(23,24)14-6-3-12(17)4-7-14)10-16(22)20-13-5-2-11(9-19)15(18)8-13/h2-8H,10H2,1H3,(H,20,22). The minimum Gasteiger partial charge on any atom is -0.325 e. The molecular formula is C16H13Cl2N3O3S. The fourth-order valence-corrected chi connectivity index (χ4v) is 3.43. The molecule has 0 spiro atoms. The molecule has 0 saturated carbocycles. The number of hydrogen-bond donors (Lipinski definition) is 1. The molecular weight excluding hydrogens is 385 g/mol. The first kappa shape index (κ1) is 19.2. The van der Waals surface area contributed by atoms with Crippen LogP contribution in [0.5, 0.6) is 0 Å². The molecule has 25 heavy (non-hydrogen) atoms. The van der Waals surface area contributed by atoms with Crippen LogP contribution >= 0.6 is 23.2 Å². The average molecular weight is 398 g/mol. The zero-order chi connectivity index (χ0) is 18.6. The van der Waals surface area contributed by atoms with Gasteiger partial charge in [-0.1, -0.05) is 23.2 Å². The van der Waals surface area contributed by atoms with E-state index >= 15 is 0 Å². The van der Waals surface area contributed by atoms with Gasteiger partial charge in [0.05, 0.1) is 22.0 Å². The number of nitrogens with zero attached hydrogens (tertiary/aromatic N) is 2. The summed E-state index contributed by atoms with van der Waals surface area (Å²) < 4.78 is 25.8. The summed E-state index contributed by atoms with van der Waals surface area (Å²) in [5, 5.41) is 12.0. The summed E-state index contributed by atoms with van der Waals surface area (Å²) in [7, 11) is -2.52. The summed E-state index contributed by atoms with van der Waals surface area (Å²) in [6.45, 7) is -0.386. The zero-order valence-corrected chi connectivity index (χ0v) is 15.4. The number of nitrogens with one attached hydrogen (secondary N) is 1. The van der Waals surface area contributed by atoms with Crippen LogP contribution in [0.25, 0.3) is 0 Å². The summed E-state index contributed by atoms with van der Waals surface area (Å²) in [5.74, 6) is -0.541. The van der Waals surface area contributed by atoms with Crippen molar-refractivity contribution in [1.82, 2.24) is 4.31 Å². The maximum atomic E-state index is 12.4. The minimum atomic E-state index is -3.82. The number of carbonyl (C=O) groups excluding carboxylic acids is 1. The first-order chi connectivity index (χ1) is 11.7. The Hall–Kier alpha value is -2.11. The Morgan fingerprint density at radius 3 is 2.40 bits per heavy atom. The minimum absolute atomic E-state index is 0.0358. The van der Waals surface area contributed by atoms with Crippen molar-refractivity contribution < 1.29 is 13.2 Å². The van der Waals surface area contributed by atoms with Crippen LogP contribution in [0.15, 0.2) is 47.4 Å². The lowest BCUT2D eigenvalue weighted by atomic mass is 10.2. The van der Waals surface area contributed by atoms with Crippen LogP contribution in [-0.4, -0.2) is 32.2 Å². The Kier molecular flexibility index (Phi) is 6.03. The number of carbonyl (C=O) groups is 1. The molecule has 0 aliphatic heterocycles. The van der Waals surface area contributed by atoms with Gasteiger partial charge in [-0.05, 0) is 42.5 Å². The molecule has 1 N–H and O–H groups in total. The van der Waals surface area contributed by atoms with Gasteiger partial charge in [0, 0.05) is 17.8 Å². The van der Waals surface area contributed by atoms with Gasteiger partial charge in [-0.3, -0.25) is 4.79 Å². The SMILES string of the molecule is CN(CC(=O)Nc1ccc(C#N)c(Cl)c1)S(=O)(=O)c1ccc(Cl)cc1. The lowest BCUT2D eigenvalue weighted by Crippen LogP contribution is -2.34. The number of nitriles is 1. The molecule has 2 rings (SSSR count). The highest BCUT2D eigenvalue weighted by Crippen LogP contribution is 2.21. The Labute approximate surface area is 155 Å². The monoisotopic (exact) mass is 397 g/mol. The van der Waals surface area contributed by atoms with E-state index in [1.54, 1.807) is 0 Å². The van der Waals surface area contributed by atoms with Gasteiger partial charge in [-0.25, -0.2) is 8.42 Å². The fourth-order valence-electron chi connectivity index (χ4n) is 1.96. The van der Waals surface area contributed by atoms with Crippen molar-refractivity contribution in [2.45, 2.75) is 4.90 Å². The summed E-state index contributed by atoms with van der Waals surface area (Å²) in [4.78, 5) is 12.1. The molecule has 0 heterocycles. The van der Waals surface area contributed by atoms with Crippen LogP contribution in [0.2, 0.25) is 10.0 Å². The summed E-state index contributed by atoms with van der Waals surface area (Å²) in [5.41, 5.74) is 0.647. The first-order valence-electron chi connectivity index (χ1n) is 6.95. The van der Waals surface area contributed by atoms with E-state index in [0.29, 0.717) is 10.7 Å². The van der Waals surface area contributed by atoms with Gasteiger partial charge >= 0.3 is 0 Å². The van der Waals surface area contributed by atoms with Crippen molar-refractivity contribution in [3.05, 3.63) is 58.1 Å². The number of benzene rings is 2. The zero-order valence-electron chi connectivity index (χ0n) is 13.0. The maximum Gasteiger partial charge on any atom is 0.243 e. The molecule has 0 atom stereocenters. The molecule has 0 aliphatic rings. The third-order valence-electron chi connectivity index (χ3n) is 3.26. The summed E-state index contributed by atoms with van der Waals surface area (Å²) in [6.07, 6.45) is 0. The second-order valence-corrected chi connectivity index (χ2v) is 7.96. The lowest BCUT2D eigenvalue weighted by Gasteiger charge is -2.17. The maximum absolute atomic E-state index is 12.4. The fraction of sp³-hybridized carbons (Fsp3) is 0.125. The smallest absolute Gasteiger partial charge is 0.243 e. The van der Waals surface area contributed by atoms with Crippen molar-refractivity contribution in [1.29, 1.82) is 5.26 Å². The molecule has 0 fully saturated rings. The van der Waals surface area contributed by atoms with Crippen LogP contribution in [0.4, 0.5) is 5.69 Å². The van der Waals surface area contributed by atoms with Crippen molar-refractivity contribution in [2.24, 2.45) is 0 Å². The van der Waals surface area contributed by atoms with Crippen LogP contribution in [0, 0.1) is 11.3 Å². The van der Waals surface area contributed by atoms with Crippen LogP contribution in [0.1, 0.15) is 5.56 Å². The topological polar surface area (TPSA) is 90.3 Å². The molecule has 1 amide bonds. The molecule has 0 aromatic heterocycles. The largest absolute Gasteiger partial charge is 0.325 e. The van der Waals surface area contributed by atoms with Gasteiger partial charge in [0.25, 0.3) is 0 Å². The van der Waals surface area contributed by atoms with Crippen LogP contribution in [0.3, 0.4) is 0 Å². The van der Waals surface area contributed by atoms with Gasteiger partial charge in [-0.15, -0.1) is 0 Å². The normalized spacial score (nSPS) is 11.2. The van der Waals surface area contributed by atoms with Crippen LogP contribution in [-0.2, 0) is 14.8 Å². The van der Waals surface area contributed by atoms with E-state index in [1.165, 1.54) is 49.5 Å². The predicted molar refractivity (Wildman–Crippen MR) is 96.1 cm³/mol. The number of sulfonamides is 1. The summed E-state index contributed by atoms with van der Waals surface area (Å²) >= 11 is 11.6. The Bertz CT molecular complexity index is 938. The first-order valence-corrected chi connectivity index (χ1v) is 9.15. The van der Waals surface area contributed by atoms with E-state index in [2.05, 4.69) is 5.32 Å². The van der Waals surface area contributed by atoms with E-state index in [0.717, 1.165) is 4.31 Å². The van der Waals surface area contributed by atoms with Gasteiger partial charge in [0.1, 0.15) is 6.07 Å².